The zero-order chi connectivity index (χ0) is 8.39. The van der Waals surface area contributed by atoms with Crippen molar-refractivity contribution in [3.05, 3.63) is 24.0 Å². The maximum atomic E-state index is 12.4. The smallest absolute Gasteiger partial charge is 0.159 e. The van der Waals surface area contributed by atoms with E-state index in [0.29, 0.717) is 5.82 Å². The fourth-order valence-corrected chi connectivity index (χ4v) is 1.41. The van der Waals surface area contributed by atoms with E-state index >= 15 is 0 Å². The summed E-state index contributed by atoms with van der Waals surface area (Å²) < 4.78 is 12.4. The van der Waals surface area contributed by atoms with E-state index in [9.17, 15) is 4.39 Å². The van der Waals surface area contributed by atoms with Gasteiger partial charge in [-0.3, -0.25) is 0 Å². The predicted molar refractivity (Wildman–Crippen MR) is 42.0 cm³/mol. The maximum Gasteiger partial charge on any atom is 0.159 e. The Morgan fingerprint density at radius 1 is 1.42 bits per heavy atom. The minimum absolute atomic E-state index is 0.227. The molecular weight excluding hydrogens is 157 g/mol. The second-order valence-corrected chi connectivity index (χ2v) is 2.91. The summed E-state index contributed by atoms with van der Waals surface area (Å²) >= 11 is 0. The van der Waals surface area contributed by atoms with E-state index in [1.165, 1.54) is 12.4 Å². The molecule has 1 fully saturated rings. The van der Waals surface area contributed by atoms with Crippen LogP contribution < -0.4 is 5.32 Å². The standard InChI is InChI=1S/C8H10FN3/c9-6-4-11-8(12-5-6)7-2-1-3-10-7/h4-5,7,10H,1-3H2/t7-/m0/s1. The van der Waals surface area contributed by atoms with Crippen LogP contribution in [-0.2, 0) is 0 Å². The summed E-state index contributed by atoms with van der Waals surface area (Å²) in [6.07, 6.45) is 4.61. The van der Waals surface area contributed by atoms with E-state index in [1.807, 2.05) is 0 Å². The van der Waals surface area contributed by atoms with Crippen molar-refractivity contribution < 1.29 is 4.39 Å². The Hall–Kier alpha value is -1.03. The topological polar surface area (TPSA) is 37.8 Å². The third kappa shape index (κ3) is 1.43. The molecule has 64 valence electrons. The van der Waals surface area contributed by atoms with E-state index in [2.05, 4.69) is 15.3 Å². The van der Waals surface area contributed by atoms with Gasteiger partial charge in [-0.25, -0.2) is 14.4 Å². The average Bonchev–Trinajstić information content (AvgIpc) is 2.58. The van der Waals surface area contributed by atoms with Gasteiger partial charge in [0.15, 0.2) is 5.82 Å². The van der Waals surface area contributed by atoms with Crippen molar-refractivity contribution in [2.75, 3.05) is 6.54 Å². The molecule has 3 nitrogen and oxygen atoms in total. The molecule has 1 saturated heterocycles. The second kappa shape index (κ2) is 3.15. The SMILES string of the molecule is Fc1cnc([C@@H]2CCCN2)nc1. The molecule has 0 amide bonds. The quantitative estimate of drug-likeness (QED) is 0.679. The van der Waals surface area contributed by atoms with Gasteiger partial charge in [0.25, 0.3) is 0 Å². The Morgan fingerprint density at radius 3 is 2.75 bits per heavy atom. The Morgan fingerprint density at radius 2 is 2.17 bits per heavy atom. The lowest BCUT2D eigenvalue weighted by molar-refractivity contribution is 0.573. The average molecular weight is 167 g/mol. The first kappa shape index (κ1) is 7.61. The zero-order valence-electron chi connectivity index (χ0n) is 6.63. The van der Waals surface area contributed by atoms with Gasteiger partial charge in [-0.1, -0.05) is 0 Å². The van der Waals surface area contributed by atoms with Gasteiger partial charge in [-0.05, 0) is 19.4 Å². The van der Waals surface area contributed by atoms with Crippen molar-refractivity contribution in [2.45, 2.75) is 18.9 Å². The highest BCUT2D eigenvalue weighted by Crippen LogP contribution is 2.18. The largest absolute Gasteiger partial charge is 0.307 e. The molecule has 1 N–H and O–H groups in total. The van der Waals surface area contributed by atoms with Crippen molar-refractivity contribution in [3.63, 3.8) is 0 Å². The lowest BCUT2D eigenvalue weighted by Crippen LogP contribution is -2.15. The molecule has 0 aromatic carbocycles. The second-order valence-electron chi connectivity index (χ2n) is 2.91. The van der Waals surface area contributed by atoms with Gasteiger partial charge in [-0.15, -0.1) is 0 Å². The number of nitrogens with zero attached hydrogens (tertiary/aromatic N) is 2. The van der Waals surface area contributed by atoms with Crippen LogP contribution in [-0.4, -0.2) is 16.5 Å². The lowest BCUT2D eigenvalue weighted by atomic mass is 10.2. The Balaban J connectivity index is 2.17. The molecule has 0 spiro atoms. The maximum absolute atomic E-state index is 12.4. The molecule has 2 heterocycles. The molecule has 0 unspecified atom stereocenters. The van der Waals surface area contributed by atoms with Crippen LogP contribution in [0.2, 0.25) is 0 Å². The van der Waals surface area contributed by atoms with Crippen LogP contribution in [0.5, 0.6) is 0 Å². The fourth-order valence-electron chi connectivity index (χ4n) is 1.41. The zero-order valence-corrected chi connectivity index (χ0v) is 6.63. The molecule has 1 aliphatic heterocycles. The molecule has 1 aliphatic rings. The third-order valence-electron chi connectivity index (χ3n) is 2.01. The molecule has 4 heteroatoms. The third-order valence-corrected chi connectivity index (χ3v) is 2.01. The highest BCUT2D eigenvalue weighted by Gasteiger charge is 2.18. The molecule has 2 rings (SSSR count). The summed E-state index contributed by atoms with van der Waals surface area (Å²) in [4.78, 5) is 7.82. The van der Waals surface area contributed by atoms with Gasteiger partial charge in [0.1, 0.15) is 5.82 Å². The Labute approximate surface area is 70.0 Å². The van der Waals surface area contributed by atoms with Crippen LogP contribution in [0, 0.1) is 5.82 Å². The number of aromatic nitrogens is 2. The molecule has 1 aromatic heterocycles. The summed E-state index contributed by atoms with van der Waals surface area (Å²) in [6.45, 7) is 1.01. The first-order chi connectivity index (χ1) is 5.86. The molecule has 0 aliphatic carbocycles. The summed E-state index contributed by atoms with van der Waals surface area (Å²) in [6, 6.07) is 0.227. The molecule has 1 atom stereocenters. The molecule has 0 radical (unpaired) electrons. The van der Waals surface area contributed by atoms with Crippen LogP contribution in [0.3, 0.4) is 0 Å². The summed E-state index contributed by atoms with van der Waals surface area (Å²) in [7, 11) is 0. The van der Waals surface area contributed by atoms with Crippen LogP contribution in [0.25, 0.3) is 0 Å². The van der Waals surface area contributed by atoms with E-state index in [-0.39, 0.29) is 11.9 Å². The predicted octanol–water partition coefficient (Wildman–Crippen LogP) is 1.04. The van der Waals surface area contributed by atoms with E-state index in [0.717, 1.165) is 19.4 Å². The highest BCUT2D eigenvalue weighted by atomic mass is 19.1. The monoisotopic (exact) mass is 167 g/mol. The molecular formula is C8H10FN3. The van der Waals surface area contributed by atoms with Crippen molar-refractivity contribution in [1.29, 1.82) is 0 Å². The fraction of sp³-hybridized carbons (Fsp3) is 0.500. The number of nitrogens with one attached hydrogen (secondary N) is 1. The van der Waals surface area contributed by atoms with Crippen molar-refractivity contribution in [1.82, 2.24) is 15.3 Å². The van der Waals surface area contributed by atoms with Gasteiger partial charge in [0, 0.05) is 0 Å². The highest BCUT2D eigenvalue weighted by molar-refractivity contribution is 4.99. The summed E-state index contributed by atoms with van der Waals surface area (Å²) in [5.74, 6) is 0.325. The van der Waals surface area contributed by atoms with E-state index in [1.54, 1.807) is 0 Å². The number of hydrogen-bond donors (Lipinski definition) is 1. The summed E-state index contributed by atoms with van der Waals surface area (Å²) in [5, 5.41) is 3.24. The molecule has 1 aromatic rings. The molecule has 0 bridgehead atoms. The van der Waals surface area contributed by atoms with Crippen molar-refractivity contribution in [3.8, 4) is 0 Å². The normalized spacial score (nSPS) is 22.9. The van der Waals surface area contributed by atoms with Crippen molar-refractivity contribution in [2.24, 2.45) is 0 Å². The van der Waals surface area contributed by atoms with Crippen LogP contribution in [0.1, 0.15) is 24.7 Å². The number of halogens is 1. The minimum Gasteiger partial charge on any atom is -0.307 e. The first-order valence-electron chi connectivity index (χ1n) is 4.07. The lowest BCUT2D eigenvalue weighted by Gasteiger charge is -2.06. The van der Waals surface area contributed by atoms with Gasteiger partial charge >= 0.3 is 0 Å². The van der Waals surface area contributed by atoms with Crippen LogP contribution >= 0.6 is 0 Å². The molecule has 0 saturated carbocycles. The van der Waals surface area contributed by atoms with Gasteiger partial charge in [0.05, 0.1) is 18.4 Å². The van der Waals surface area contributed by atoms with E-state index in [4.69, 9.17) is 0 Å². The number of hydrogen-bond acceptors (Lipinski definition) is 3. The van der Waals surface area contributed by atoms with Crippen LogP contribution in [0.15, 0.2) is 12.4 Å². The van der Waals surface area contributed by atoms with Crippen LogP contribution in [0.4, 0.5) is 4.39 Å². The first-order valence-corrected chi connectivity index (χ1v) is 4.07. The number of rotatable bonds is 1. The Kier molecular flexibility index (Phi) is 1.99. The van der Waals surface area contributed by atoms with E-state index < -0.39 is 0 Å². The minimum atomic E-state index is -0.378. The van der Waals surface area contributed by atoms with Gasteiger partial charge in [-0.2, -0.15) is 0 Å². The van der Waals surface area contributed by atoms with Gasteiger partial charge in [0.2, 0.25) is 0 Å². The van der Waals surface area contributed by atoms with Gasteiger partial charge < -0.3 is 5.32 Å². The Bertz CT molecular complexity index is 254. The molecule has 12 heavy (non-hydrogen) atoms. The summed E-state index contributed by atoms with van der Waals surface area (Å²) in [5.41, 5.74) is 0. The van der Waals surface area contributed by atoms with Crippen molar-refractivity contribution >= 4 is 0 Å².